The first-order chi connectivity index (χ1) is 11.2. The number of aryl methyl sites for hydroxylation is 1. The molecule has 0 fully saturated rings. The highest BCUT2D eigenvalue weighted by Gasteiger charge is 2.10. The number of halogens is 1. The van der Waals surface area contributed by atoms with Gasteiger partial charge in [-0.3, -0.25) is 4.68 Å². The van der Waals surface area contributed by atoms with Crippen LogP contribution in [0, 0.1) is 11.3 Å². The number of anilines is 1. The highest BCUT2D eigenvalue weighted by Crippen LogP contribution is 2.24. The summed E-state index contributed by atoms with van der Waals surface area (Å²) in [4.78, 5) is 0. The van der Waals surface area contributed by atoms with Gasteiger partial charge in [0.15, 0.2) is 0 Å². The van der Waals surface area contributed by atoms with Gasteiger partial charge in [-0.1, -0.05) is 41.9 Å². The zero-order chi connectivity index (χ0) is 16.2. The van der Waals surface area contributed by atoms with Crippen molar-refractivity contribution in [2.75, 3.05) is 5.32 Å². The normalized spacial score (nSPS) is 10.3. The molecule has 0 aliphatic carbocycles. The van der Waals surface area contributed by atoms with Crippen LogP contribution in [0.3, 0.4) is 0 Å². The third kappa shape index (κ3) is 3.36. The SMILES string of the molecule is Cn1cc(CNc2ccc(Cl)cc2C#N)c(-c2ccccc2)n1. The highest BCUT2D eigenvalue weighted by molar-refractivity contribution is 6.30. The molecule has 5 heteroatoms. The average molecular weight is 323 g/mol. The van der Waals surface area contributed by atoms with E-state index >= 15 is 0 Å². The minimum absolute atomic E-state index is 0.530. The van der Waals surface area contributed by atoms with Crippen LogP contribution in [0.4, 0.5) is 5.69 Å². The summed E-state index contributed by atoms with van der Waals surface area (Å²) < 4.78 is 1.80. The monoisotopic (exact) mass is 322 g/mol. The molecule has 0 aliphatic heterocycles. The Hall–Kier alpha value is -2.77. The molecule has 2 aromatic carbocycles. The summed E-state index contributed by atoms with van der Waals surface area (Å²) in [7, 11) is 1.90. The van der Waals surface area contributed by atoms with E-state index in [1.165, 1.54) is 0 Å². The number of hydrogen-bond acceptors (Lipinski definition) is 3. The molecule has 1 aromatic heterocycles. The number of nitriles is 1. The lowest BCUT2D eigenvalue weighted by molar-refractivity contribution is 0.770. The van der Waals surface area contributed by atoms with Crippen LogP contribution in [0.1, 0.15) is 11.1 Å². The largest absolute Gasteiger partial charge is 0.380 e. The van der Waals surface area contributed by atoms with Gasteiger partial charge in [-0.2, -0.15) is 10.4 Å². The van der Waals surface area contributed by atoms with E-state index < -0.39 is 0 Å². The van der Waals surface area contributed by atoms with Crippen LogP contribution in [-0.4, -0.2) is 9.78 Å². The lowest BCUT2D eigenvalue weighted by Gasteiger charge is -2.08. The third-order valence-corrected chi connectivity index (χ3v) is 3.76. The van der Waals surface area contributed by atoms with Gasteiger partial charge in [0.05, 0.1) is 16.9 Å². The summed E-state index contributed by atoms with van der Waals surface area (Å²) in [6, 6.07) is 17.4. The van der Waals surface area contributed by atoms with Crippen molar-refractivity contribution >= 4 is 17.3 Å². The zero-order valence-corrected chi connectivity index (χ0v) is 13.4. The quantitative estimate of drug-likeness (QED) is 0.782. The van der Waals surface area contributed by atoms with Crippen molar-refractivity contribution in [3.63, 3.8) is 0 Å². The van der Waals surface area contributed by atoms with Crippen LogP contribution >= 0.6 is 11.6 Å². The van der Waals surface area contributed by atoms with E-state index in [0.29, 0.717) is 17.1 Å². The molecule has 1 heterocycles. The number of hydrogen-bond donors (Lipinski definition) is 1. The van der Waals surface area contributed by atoms with Crippen molar-refractivity contribution in [3.8, 4) is 17.3 Å². The molecule has 0 unspecified atom stereocenters. The molecule has 1 N–H and O–H groups in total. The van der Waals surface area contributed by atoms with E-state index in [4.69, 9.17) is 11.6 Å². The van der Waals surface area contributed by atoms with Crippen LogP contribution < -0.4 is 5.32 Å². The summed E-state index contributed by atoms with van der Waals surface area (Å²) in [5, 5.41) is 17.6. The van der Waals surface area contributed by atoms with Crippen molar-refractivity contribution in [2.24, 2.45) is 7.05 Å². The molecule has 114 valence electrons. The number of benzene rings is 2. The maximum absolute atomic E-state index is 9.21. The Kier molecular flexibility index (Phi) is 4.31. The van der Waals surface area contributed by atoms with Gasteiger partial charge in [-0.15, -0.1) is 0 Å². The molecule has 0 atom stereocenters. The van der Waals surface area contributed by atoms with Gasteiger partial charge in [0.2, 0.25) is 0 Å². The molecule has 0 radical (unpaired) electrons. The first-order valence-corrected chi connectivity index (χ1v) is 7.56. The molecule has 0 bridgehead atoms. The Morgan fingerprint density at radius 3 is 2.74 bits per heavy atom. The fourth-order valence-corrected chi connectivity index (χ4v) is 2.63. The van der Waals surface area contributed by atoms with Crippen molar-refractivity contribution in [3.05, 3.63) is 70.9 Å². The van der Waals surface area contributed by atoms with Crippen LogP contribution in [0.15, 0.2) is 54.7 Å². The van der Waals surface area contributed by atoms with Crippen LogP contribution in [0.2, 0.25) is 5.02 Å². The Labute approximate surface area is 139 Å². The highest BCUT2D eigenvalue weighted by atomic mass is 35.5. The van der Waals surface area contributed by atoms with E-state index in [2.05, 4.69) is 16.5 Å². The van der Waals surface area contributed by atoms with Crippen molar-refractivity contribution in [1.29, 1.82) is 5.26 Å². The predicted octanol–water partition coefficient (Wildman–Crippen LogP) is 4.22. The van der Waals surface area contributed by atoms with E-state index in [1.807, 2.05) is 49.6 Å². The van der Waals surface area contributed by atoms with Gasteiger partial charge in [0.1, 0.15) is 6.07 Å². The molecular weight excluding hydrogens is 308 g/mol. The number of nitrogens with one attached hydrogen (secondary N) is 1. The topological polar surface area (TPSA) is 53.6 Å². The van der Waals surface area contributed by atoms with Gasteiger partial charge in [-0.25, -0.2) is 0 Å². The molecule has 0 aliphatic rings. The average Bonchev–Trinajstić information content (AvgIpc) is 2.95. The molecule has 0 saturated heterocycles. The van der Waals surface area contributed by atoms with E-state index in [9.17, 15) is 5.26 Å². The molecular formula is C18H15ClN4. The second-order valence-corrected chi connectivity index (χ2v) is 5.63. The molecule has 3 rings (SSSR count). The summed E-state index contributed by atoms with van der Waals surface area (Å²) in [5.74, 6) is 0. The summed E-state index contributed by atoms with van der Waals surface area (Å²) in [5.41, 5.74) is 4.37. The molecule has 0 amide bonds. The zero-order valence-electron chi connectivity index (χ0n) is 12.6. The maximum atomic E-state index is 9.21. The Morgan fingerprint density at radius 1 is 1.22 bits per heavy atom. The molecule has 4 nitrogen and oxygen atoms in total. The van der Waals surface area contributed by atoms with Crippen molar-refractivity contribution < 1.29 is 0 Å². The summed E-state index contributed by atoms with van der Waals surface area (Å²) >= 11 is 5.93. The van der Waals surface area contributed by atoms with E-state index in [0.717, 1.165) is 22.5 Å². The Balaban J connectivity index is 1.86. The van der Waals surface area contributed by atoms with Crippen LogP contribution in [-0.2, 0) is 13.6 Å². The lowest BCUT2D eigenvalue weighted by Crippen LogP contribution is -2.01. The number of nitrogens with zero attached hydrogens (tertiary/aromatic N) is 3. The minimum Gasteiger partial charge on any atom is -0.380 e. The Bertz CT molecular complexity index is 862. The molecule has 23 heavy (non-hydrogen) atoms. The maximum Gasteiger partial charge on any atom is 0.101 e. The molecule has 3 aromatic rings. The number of rotatable bonds is 4. The summed E-state index contributed by atoms with van der Waals surface area (Å²) in [6.07, 6.45) is 1.98. The van der Waals surface area contributed by atoms with Crippen LogP contribution in [0.5, 0.6) is 0 Å². The molecule has 0 saturated carbocycles. The third-order valence-electron chi connectivity index (χ3n) is 3.52. The minimum atomic E-state index is 0.530. The first kappa shape index (κ1) is 15.1. The fraction of sp³-hybridized carbons (Fsp3) is 0.111. The Morgan fingerprint density at radius 2 is 2.00 bits per heavy atom. The van der Waals surface area contributed by atoms with Crippen molar-refractivity contribution in [2.45, 2.75) is 6.54 Å². The van der Waals surface area contributed by atoms with Crippen molar-refractivity contribution in [1.82, 2.24) is 9.78 Å². The number of aromatic nitrogens is 2. The predicted molar refractivity (Wildman–Crippen MR) is 92.1 cm³/mol. The van der Waals surface area contributed by atoms with Crippen LogP contribution in [0.25, 0.3) is 11.3 Å². The molecule has 0 spiro atoms. The summed E-state index contributed by atoms with van der Waals surface area (Å²) in [6.45, 7) is 0.578. The second kappa shape index (κ2) is 6.55. The van der Waals surface area contributed by atoms with Gasteiger partial charge < -0.3 is 5.32 Å². The van der Waals surface area contributed by atoms with Gasteiger partial charge in [0.25, 0.3) is 0 Å². The lowest BCUT2D eigenvalue weighted by atomic mass is 10.1. The van der Waals surface area contributed by atoms with Gasteiger partial charge in [-0.05, 0) is 18.2 Å². The van der Waals surface area contributed by atoms with E-state index in [-0.39, 0.29) is 0 Å². The fourth-order valence-electron chi connectivity index (χ4n) is 2.46. The van der Waals surface area contributed by atoms with Gasteiger partial charge >= 0.3 is 0 Å². The second-order valence-electron chi connectivity index (χ2n) is 5.20. The standard InChI is InChI=1S/C18H15ClN4/c1-23-12-15(18(22-23)13-5-3-2-4-6-13)11-21-17-8-7-16(19)9-14(17)10-20/h2-9,12,21H,11H2,1H3. The van der Waals surface area contributed by atoms with Gasteiger partial charge in [0, 0.05) is 35.9 Å². The smallest absolute Gasteiger partial charge is 0.101 e. The van der Waals surface area contributed by atoms with E-state index in [1.54, 1.807) is 16.8 Å². The first-order valence-electron chi connectivity index (χ1n) is 7.19.